The summed E-state index contributed by atoms with van der Waals surface area (Å²) in [5, 5.41) is 3.98. The number of amides is 1. The maximum atomic E-state index is 13.0. The SMILES string of the molecule is CC(C)(C)CC(=O)N1CCC[C@@H]1c1nc(-c2ccc(F)cc2)no1. The van der Waals surface area contributed by atoms with E-state index < -0.39 is 0 Å². The summed E-state index contributed by atoms with van der Waals surface area (Å²) < 4.78 is 18.4. The maximum Gasteiger partial charge on any atom is 0.249 e. The molecular weight excluding hydrogens is 309 g/mol. The van der Waals surface area contributed by atoms with Crippen LogP contribution in [0.15, 0.2) is 28.8 Å². The Morgan fingerprint density at radius 2 is 2.04 bits per heavy atom. The van der Waals surface area contributed by atoms with E-state index in [0.717, 1.165) is 12.8 Å². The van der Waals surface area contributed by atoms with Crippen LogP contribution in [0.5, 0.6) is 0 Å². The lowest BCUT2D eigenvalue weighted by molar-refractivity contribution is -0.134. The van der Waals surface area contributed by atoms with Crippen molar-refractivity contribution in [3.05, 3.63) is 36.0 Å². The highest BCUT2D eigenvalue weighted by molar-refractivity contribution is 5.77. The lowest BCUT2D eigenvalue weighted by Gasteiger charge is -2.26. The van der Waals surface area contributed by atoms with Gasteiger partial charge < -0.3 is 9.42 Å². The Bertz CT molecular complexity index is 719. The number of carbonyl (C=O) groups excluding carboxylic acids is 1. The van der Waals surface area contributed by atoms with E-state index in [2.05, 4.69) is 30.9 Å². The third kappa shape index (κ3) is 3.63. The quantitative estimate of drug-likeness (QED) is 0.854. The van der Waals surface area contributed by atoms with Gasteiger partial charge in [0, 0.05) is 18.5 Å². The molecule has 128 valence electrons. The molecule has 0 aliphatic carbocycles. The smallest absolute Gasteiger partial charge is 0.249 e. The van der Waals surface area contributed by atoms with Crippen LogP contribution < -0.4 is 0 Å². The second kappa shape index (κ2) is 6.34. The van der Waals surface area contributed by atoms with Crippen molar-refractivity contribution >= 4 is 5.91 Å². The molecule has 0 spiro atoms. The van der Waals surface area contributed by atoms with Gasteiger partial charge in [-0.05, 0) is 42.5 Å². The van der Waals surface area contributed by atoms with Gasteiger partial charge in [0.1, 0.15) is 11.9 Å². The summed E-state index contributed by atoms with van der Waals surface area (Å²) in [5.41, 5.74) is 0.634. The van der Waals surface area contributed by atoms with Crippen molar-refractivity contribution < 1.29 is 13.7 Å². The first-order valence-corrected chi connectivity index (χ1v) is 8.22. The Hall–Kier alpha value is -2.24. The molecule has 24 heavy (non-hydrogen) atoms. The Balaban J connectivity index is 1.78. The molecule has 3 rings (SSSR count). The Labute approximate surface area is 140 Å². The van der Waals surface area contributed by atoms with E-state index in [4.69, 9.17) is 4.52 Å². The second-order valence-electron chi connectivity index (χ2n) is 7.45. The van der Waals surface area contributed by atoms with Gasteiger partial charge in [-0.25, -0.2) is 4.39 Å². The molecule has 1 aromatic carbocycles. The fourth-order valence-electron chi connectivity index (χ4n) is 2.96. The highest BCUT2D eigenvalue weighted by Crippen LogP contribution is 2.34. The summed E-state index contributed by atoms with van der Waals surface area (Å²) in [7, 11) is 0. The first-order valence-electron chi connectivity index (χ1n) is 8.22. The minimum absolute atomic E-state index is 0.0572. The van der Waals surface area contributed by atoms with Crippen molar-refractivity contribution in [1.29, 1.82) is 0 Å². The van der Waals surface area contributed by atoms with Gasteiger partial charge in [0.25, 0.3) is 0 Å². The van der Waals surface area contributed by atoms with Crippen LogP contribution in [0.4, 0.5) is 4.39 Å². The summed E-state index contributed by atoms with van der Waals surface area (Å²) in [4.78, 5) is 18.8. The van der Waals surface area contributed by atoms with Gasteiger partial charge in [-0.1, -0.05) is 25.9 Å². The van der Waals surface area contributed by atoms with Gasteiger partial charge in [0.2, 0.25) is 17.6 Å². The van der Waals surface area contributed by atoms with Crippen LogP contribution in [-0.2, 0) is 4.79 Å². The fraction of sp³-hybridized carbons (Fsp3) is 0.500. The molecule has 0 saturated carbocycles. The zero-order valence-electron chi connectivity index (χ0n) is 14.3. The van der Waals surface area contributed by atoms with Crippen molar-refractivity contribution in [2.45, 2.75) is 46.1 Å². The van der Waals surface area contributed by atoms with Gasteiger partial charge in [0.15, 0.2) is 0 Å². The highest BCUT2D eigenvalue weighted by Gasteiger charge is 2.35. The molecule has 2 aromatic rings. The molecule has 1 aliphatic rings. The Morgan fingerprint density at radius 3 is 2.71 bits per heavy atom. The number of hydrogen-bond donors (Lipinski definition) is 0. The number of aromatic nitrogens is 2. The van der Waals surface area contributed by atoms with E-state index >= 15 is 0 Å². The zero-order chi connectivity index (χ0) is 17.3. The maximum absolute atomic E-state index is 13.0. The van der Waals surface area contributed by atoms with Gasteiger partial charge in [-0.15, -0.1) is 0 Å². The zero-order valence-corrected chi connectivity index (χ0v) is 14.3. The van der Waals surface area contributed by atoms with Crippen molar-refractivity contribution in [1.82, 2.24) is 15.0 Å². The van der Waals surface area contributed by atoms with E-state index in [0.29, 0.717) is 30.2 Å². The summed E-state index contributed by atoms with van der Waals surface area (Å²) in [6.07, 6.45) is 2.23. The first-order chi connectivity index (χ1) is 11.3. The molecule has 0 bridgehead atoms. The molecule has 0 N–H and O–H groups in total. The summed E-state index contributed by atoms with van der Waals surface area (Å²) in [6.45, 7) is 6.87. The van der Waals surface area contributed by atoms with Crippen LogP contribution in [0.2, 0.25) is 0 Å². The molecule has 1 fully saturated rings. The number of hydrogen-bond acceptors (Lipinski definition) is 4. The van der Waals surface area contributed by atoms with Crippen LogP contribution in [-0.4, -0.2) is 27.5 Å². The largest absolute Gasteiger partial charge is 0.337 e. The number of benzene rings is 1. The summed E-state index contributed by atoms with van der Waals surface area (Å²) >= 11 is 0. The number of likely N-dealkylation sites (tertiary alicyclic amines) is 1. The first kappa shape index (κ1) is 16.6. The van der Waals surface area contributed by atoms with Crippen LogP contribution in [0, 0.1) is 11.2 Å². The topological polar surface area (TPSA) is 59.2 Å². The fourth-order valence-corrected chi connectivity index (χ4v) is 2.96. The van der Waals surface area contributed by atoms with Gasteiger partial charge in [0.05, 0.1) is 0 Å². The lowest BCUT2D eigenvalue weighted by Crippen LogP contribution is -2.33. The third-order valence-electron chi connectivity index (χ3n) is 4.08. The van der Waals surface area contributed by atoms with E-state index in [-0.39, 0.29) is 23.2 Å². The molecular formula is C18H22FN3O2. The van der Waals surface area contributed by atoms with Crippen molar-refractivity contribution in [2.75, 3.05) is 6.54 Å². The molecule has 1 aromatic heterocycles. The monoisotopic (exact) mass is 331 g/mol. The van der Waals surface area contributed by atoms with Crippen LogP contribution in [0.3, 0.4) is 0 Å². The van der Waals surface area contributed by atoms with Gasteiger partial charge in [-0.2, -0.15) is 4.98 Å². The predicted molar refractivity (Wildman–Crippen MR) is 87.5 cm³/mol. The molecule has 1 atom stereocenters. The molecule has 1 amide bonds. The predicted octanol–water partition coefficient (Wildman–Crippen LogP) is 3.98. The van der Waals surface area contributed by atoms with E-state index in [1.165, 1.54) is 12.1 Å². The Kier molecular flexibility index (Phi) is 4.39. The molecule has 0 radical (unpaired) electrons. The van der Waals surface area contributed by atoms with Gasteiger partial charge in [-0.3, -0.25) is 4.79 Å². The van der Waals surface area contributed by atoms with Crippen molar-refractivity contribution in [2.24, 2.45) is 5.41 Å². The summed E-state index contributed by atoms with van der Waals surface area (Å²) in [5.74, 6) is 0.679. The number of halogens is 1. The standard InChI is InChI=1S/C18H22FN3O2/c1-18(2,3)11-15(23)22-10-4-5-14(22)17-20-16(21-24-17)12-6-8-13(19)9-7-12/h6-9,14H,4-5,10-11H2,1-3H3/t14-/m1/s1. The minimum Gasteiger partial charge on any atom is -0.337 e. The summed E-state index contributed by atoms with van der Waals surface area (Å²) in [6, 6.07) is 5.78. The number of rotatable bonds is 3. The van der Waals surface area contributed by atoms with Crippen molar-refractivity contribution in [3.63, 3.8) is 0 Å². The van der Waals surface area contributed by atoms with E-state index in [9.17, 15) is 9.18 Å². The highest BCUT2D eigenvalue weighted by atomic mass is 19.1. The molecule has 6 heteroatoms. The van der Waals surface area contributed by atoms with Crippen molar-refractivity contribution in [3.8, 4) is 11.4 Å². The van der Waals surface area contributed by atoms with Crippen LogP contribution in [0.1, 0.15) is 52.0 Å². The molecule has 0 unspecified atom stereocenters. The number of nitrogens with zero attached hydrogens (tertiary/aromatic N) is 3. The van der Waals surface area contributed by atoms with E-state index in [1.54, 1.807) is 12.1 Å². The number of carbonyl (C=O) groups is 1. The Morgan fingerprint density at radius 1 is 1.33 bits per heavy atom. The van der Waals surface area contributed by atoms with Crippen LogP contribution >= 0.6 is 0 Å². The molecule has 1 aliphatic heterocycles. The van der Waals surface area contributed by atoms with Gasteiger partial charge >= 0.3 is 0 Å². The van der Waals surface area contributed by atoms with E-state index in [1.807, 2.05) is 4.90 Å². The molecule has 2 heterocycles. The lowest BCUT2D eigenvalue weighted by atomic mass is 9.91. The molecule has 1 saturated heterocycles. The minimum atomic E-state index is -0.308. The molecule has 5 nitrogen and oxygen atoms in total. The normalized spacial score (nSPS) is 18.2. The average Bonchev–Trinajstić information content (AvgIpc) is 3.15. The third-order valence-corrected chi connectivity index (χ3v) is 4.08. The van der Waals surface area contributed by atoms with Crippen LogP contribution in [0.25, 0.3) is 11.4 Å². The average molecular weight is 331 g/mol. The second-order valence-corrected chi connectivity index (χ2v) is 7.45.